The summed E-state index contributed by atoms with van der Waals surface area (Å²) >= 11 is 0. The maximum atomic E-state index is 12.0. The lowest BCUT2D eigenvalue weighted by atomic mass is 10.1. The fourth-order valence-corrected chi connectivity index (χ4v) is 2.57. The summed E-state index contributed by atoms with van der Waals surface area (Å²) in [5.41, 5.74) is 1.48. The largest absolute Gasteiger partial charge is 0.465 e. The molecule has 6 heteroatoms. The van der Waals surface area contributed by atoms with Crippen molar-refractivity contribution < 1.29 is 18.7 Å². The van der Waals surface area contributed by atoms with Crippen LogP contribution in [0.25, 0.3) is 11.1 Å². The van der Waals surface area contributed by atoms with E-state index in [0.29, 0.717) is 29.9 Å². The molecular formula is C14H15NO5. The second-order valence-corrected chi connectivity index (χ2v) is 4.76. The van der Waals surface area contributed by atoms with Crippen molar-refractivity contribution in [2.24, 2.45) is 0 Å². The number of aromatic nitrogens is 1. The van der Waals surface area contributed by atoms with Gasteiger partial charge >= 0.3 is 11.7 Å². The zero-order valence-electron chi connectivity index (χ0n) is 11.1. The minimum atomic E-state index is -0.451. The van der Waals surface area contributed by atoms with Crippen LogP contribution in [0.2, 0.25) is 0 Å². The van der Waals surface area contributed by atoms with E-state index < -0.39 is 11.7 Å². The van der Waals surface area contributed by atoms with Crippen molar-refractivity contribution in [2.45, 2.75) is 18.9 Å². The van der Waals surface area contributed by atoms with Gasteiger partial charge in [-0.1, -0.05) is 0 Å². The van der Waals surface area contributed by atoms with Gasteiger partial charge in [0.1, 0.15) is 0 Å². The van der Waals surface area contributed by atoms with E-state index in [-0.39, 0.29) is 6.04 Å². The predicted molar refractivity (Wildman–Crippen MR) is 70.9 cm³/mol. The van der Waals surface area contributed by atoms with Crippen LogP contribution in [0, 0.1) is 0 Å². The van der Waals surface area contributed by atoms with Gasteiger partial charge in [-0.05, 0) is 31.0 Å². The van der Waals surface area contributed by atoms with E-state index in [1.807, 2.05) is 0 Å². The van der Waals surface area contributed by atoms with Gasteiger partial charge in [-0.25, -0.2) is 9.59 Å². The van der Waals surface area contributed by atoms with Crippen LogP contribution in [0.3, 0.4) is 0 Å². The number of esters is 1. The maximum absolute atomic E-state index is 12.0. The van der Waals surface area contributed by atoms with Crippen molar-refractivity contribution in [2.75, 3.05) is 20.3 Å². The molecule has 1 aromatic carbocycles. The summed E-state index contributed by atoms with van der Waals surface area (Å²) in [6.45, 7) is 1.29. The first-order chi connectivity index (χ1) is 9.70. The summed E-state index contributed by atoms with van der Waals surface area (Å²) in [5, 5.41) is 0. The molecular weight excluding hydrogens is 262 g/mol. The first-order valence-electron chi connectivity index (χ1n) is 6.52. The predicted octanol–water partition coefficient (Wildman–Crippen LogP) is 1.73. The van der Waals surface area contributed by atoms with Crippen LogP contribution in [-0.4, -0.2) is 30.9 Å². The second kappa shape index (κ2) is 5.13. The maximum Gasteiger partial charge on any atom is 0.420 e. The molecule has 6 nitrogen and oxygen atoms in total. The third kappa shape index (κ3) is 2.12. The molecule has 1 aliphatic heterocycles. The number of carbonyl (C=O) groups is 1. The standard InChI is InChI=1S/C14H15NO5/c1-18-13(16)9-2-3-11-12(8-9)20-14(17)15(11)10-4-6-19-7-5-10/h2-3,8,10H,4-7H2,1H3. The first kappa shape index (κ1) is 12.9. The lowest BCUT2D eigenvalue weighted by Gasteiger charge is -2.22. The Morgan fingerprint density at radius 3 is 2.80 bits per heavy atom. The van der Waals surface area contributed by atoms with Gasteiger partial charge in [0.15, 0.2) is 5.58 Å². The van der Waals surface area contributed by atoms with Crippen LogP contribution < -0.4 is 5.76 Å². The van der Waals surface area contributed by atoms with E-state index in [1.54, 1.807) is 22.8 Å². The normalized spacial score (nSPS) is 16.4. The molecule has 0 amide bonds. The van der Waals surface area contributed by atoms with Crippen molar-refractivity contribution in [3.05, 3.63) is 34.3 Å². The van der Waals surface area contributed by atoms with E-state index in [4.69, 9.17) is 9.15 Å². The molecule has 1 saturated heterocycles. The summed E-state index contributed by atoms with van der Waals surface area (Å²) in [7, 11) is 1.32. The monoisotopic (exact) mass is 277 g/mol. The van der Waals surface area contributed by atoms with Crippen molar-refractivity contribution in [3.8, 4) is 0 Å². The Bertz CT molecular complexity index is 693. The van der Waals surface area contributed by atoms with Gasteiger partial charge in [0.05, 0.1) is 18.2 Å². The molecule has 106 valence electrons. The minimum Gasteiger partial charge on any atom is -0.465 e. The van der Waals surface area contributed by atoms with Crippen LogP contribution in [0.1, 0.15) is 29.2 Å². The number of methoxy groups -OCH3 is 1. The molecule has 0 saturated carbocycles. The number of benzene rings is 1. The number of ether oxygens (including phenoxy) is 2. The molecule has 0 bridgehead atoms. The SMILES string of the molecule is COC(=O)c1ccc2c(c1)oc(=O)n2C1CCOCC1. The fraction of sp³-hybridized carbons (Fsp3) is 0.429. The number of hydrogen-bond donors (Lipinski definition) is 0. The van der Waals surface area contributed by atoms with Crippen LogP contribution in [0.4, 0.5) is 0 Å². The van der Waals surface area contributed by atoms with Crippen LogP contribution >= 0.6 is 0 Å². The number of nitrogens with zero attached hydrogens (tertiary/aromatic N) is 1. The molecule has 2 aromatic rings. The van der Waals surface area contributed by atoms with Gasteiger partial charge in [0, 0.05) is 19.3 Å². The zero-order chi connectivity index (χ0) is 14.1. The molecule has 0 atom stereocenters. The lowest BCUT2D eigenvalue weighted by Crippen LogP contribution is -2.26. The van der Waals surface area contributed by atoms with Gasteiger partial charge in [-0.2, -0.15) is 0 Å². The van der Waals surface area contributed by atoms with Gasteiger partial charge in [0.2, 0.25) is 0 Å². The Morgan fingerprint density at radius 2 is 2.10 bits per heavy atom. The van der Waals surface area contributed by atoms with E-state index in [9.17, 15) is 9.59 Å². The van der Waals surface area contributed by atoms with Gasteiger partial charge in [-0.15, -0.1) is 0 Å². The molecule has 2 heterocycles. The van der Waals surface area contributed by atoms with Crippen molar-refractivity contribution in [1.82, 2.24) is 4.57 Å². The molecule has 3 rings (SSSR count). The van der Waals surface area contributed by atoms with Crippen LogP contribution in [0.15, 0.2) is 27.4 Å². The smallest absolute Gasteiger partial charge is 0.420 e. The summed E-state index contributed by atoms with van der Waals surface area (Å²) in [5.74, 6) is -0.845. The van der Waals surface area contributed by atoms with Crippen molar-refractivity contribution in [1.29, 1.82) is 0 Å². The van der Waals surface area contributed by atoms with Gasteiger partial charge < -0.3 is 13.9 Å². The third-order valence-corrected chi connectivity index (χ3v) is 3.59. The van der Waals surface area contributed by atoms with Crippen molar-refractivity contribution in [3.63, 3.8) is 0 Å². The molecule has 0 unspecified atom stereocenters. The zero-order valence-corrected chi connectivity index (χ0v) is 11.1. The number of rotatable bonds is 2. The topological polar surface area (TPSA) is 70.7 Å². The number of carbonyl (C=O) groups excluding carboxylic acids is 1. The van der Waals surface area contributed by atoms with E-state index in [0.717, 1.165) is 12.8 Å². The highest BCUT2D eigenvalue weighted by atomic mass is 16.5. The molecule has 1 fully saturated rings. The highest BCUT2D eigenvalue weighted by molar-refractivity contribution is 5.93. The fourth-order valence-electron chi connectivity index (χ4n) is 2.57. The van der Waals surface area contributed by atoms with Crippen LogP contribution in [0.5, 0.6) is 0 Å². The van der Waals surface area contributed by atoms with Gasteiger partial charge in [0.25, 0.3) is 0 Å². The summed E-state index contributed by atoms with van der Waals surface area (Å²) in [6.07, 6.45) is 1.57. The molecule has 0 spiro atoms. The molecule has 0 aliphatic carbocycles. The number of oxazole rings is 1. The Labute approximate surface area is 114 Å². The quantitative estimate of drug-likeness (QED) is 0.782. The molecule has 1 aromatic heterocycles. The highest BCUT2D eigenvalue weighted by Gasteiger charge is 2.22. The Kier molecular flexibility index (Phi) is 3.31. The van der Waals surface area contributed by atoms with E-state index >= 15 is 0 Å². The minimum absolute atomic E-state index is 0.0847. The van der Waals surface area contributed by atoms with Crippen LogP contribution in [-0.2, 0) is 9.47 Å². The van der Waals surface area contributed by atoms with E-state index in [1.165, 1.54) is 7.11 Å². The highest BCUT2D eigenvalue weighted by Crippen LogP contribution is 2.25. The Hall–Kier alpha value is -2.08. The van der Waals surface area contributed by atoms with Crippen molar-refractivity contribution >= 4 is 17.1 Å². The van der Waals surface area contributed by atoms with Gasteiger partial charge in [-0.3, -0.25) is 4.57 Å². The first-order valence-corrected chi connectivity index (χ1v) is 6.52. The molecule has 20 heavy (non-hydrogen) atoms. The average Bonchev–Trinajstić information content (AvgIpc) is 2.82. The summed E-state index contributed by atoms with van der Waals surface area (Å²) in [6, 6.07) is 4.99. The summed E-state index contributed by atoms with van der Waals surface area (Å²) in [4.78, 5) is 23.5. The third-order valence-electron chi connectivity index (χ3n) is 3.59. The average molecular weight is 277 g/mol. The summed E-state index contributed by atoms with van der Waals surface area (Å²) < 4.78 is 16.9. The molecule has 1 aliphatic rings. The number of fused-ring (bicyclic) bond motifs is 1. The second-order valence-electron chi connectivity index (χ2n) is 4.76. The Balaban J connectivity index is 2.07. The lowest BCUT2D eigenvalue weighted by molar-refractivity contribution is 0.0600. The van der Waals surface area contributed by atoms with E-state index in [2.05, 4.69) is 4.74 Å². The molecule has 0 radical (unpaired) electrons. The Morgan fingerprint density at radius 1 is 1.35 bits per heavy atom. The number of hydrogen-bond acceptors (Lipinski definition) is 5. The molecule has 0 N–H and O–H groups in total.